The Labute approximate surface area is 74.9 Å². The molecule has 0 amide bonds. The number of hydrogen-bond donors (Lipinski definition) is 0. The minimum Gasteiger partial charge on any atom is -0.455 e. The summed E-state index contributed by atoms with van der Waals surface area (Å²) in [5.74, 6) is -1.26. The van der Waals surface area contributed by atoms with Gasteiger partial charge in [0.25, 0.3) is 16.5 Å². The van der Waals surface area contributed by atoms with Crippen molar-refractivity contribution in [1.82, 2.24) is 0 Å². The maximum absolute atomic E-state index is 12.7. The Balaban J connectivity index is 2.59. The number of rotatable bonds is 2. The van der Waals surface area contributed by atoms with Crippen LogP contribution in [0.4, 0.5) is 4.39 Å². The molecule has 1 rings (SSSR count). The Hall–Kier alpha value is -0.690. The minimum absolute atomic E-state index is 0.0727. The smallest absolute Gasteiger partial charge is 0.306 e. The zero-order valence-corrected chi connectivity index (χ0v) is 7.71. The molecule has 2 atom stereocenters. The van der Waals surface area contributed by atoms with Gasteiger partial charge in [-0.05, 0) is 0 Å². The second kappa shape index (κ2) is 3.59. The molecule has 1 aliphatic rings. The topological polar surface area (TPSA) is 69.7 Å². The fraction of sp³-hybridized carbons (Fsp3) is 0.833. The number of hydrogen-bond acceptors (Lipinski definition) is 5. The lowest BCUT2D eigenvalue weighted by Crippen LogP contribution is -2.26. The Morgan fingerprint density at radius 3 is 2.69 bits per heavy atom. The van der Waals surface area contributed by atoms with Crippen molar-refractivity contribution in [3.8, 4) is 0 Å². The van der Waals surface area contributed by atoms with Crippen LogP contribution >= 0.6 is 0 Å². The van der Waals surface area contributed by atoms with Crippen LogP contribution in [0.2, 0.25) is 0 Å². The highest BCUT2D eigenvalue weighted by atomic mass is 32.2. The van der Waals surface area contributed by atoms with Crippen LogP contribution in [0.1, 0.15) is 13.3 Å². The van der Waals surface area contributed by atoms with Crippen LogP contribution < -0.4 is 0 Å². The van der Waals surface area contributed by atoms with Crippen molar-refractivity contribution in [2.75, 3.05) is 5.75 Å². The molecule has 0 aliphatic carbocycles. The van der Waals surface area contributed by atoms with E-state index in [2.05, 4.69) is 8.92 Å². The van der Waals surface area contributed by atoms with Crippen LogP contribution in [-0.2, 0) is 23.8 Å². The Morgan fingerprint density at radius 2 is 2.31 bits per heavy atom. The van der Waals surface area contributed by atoms with Gasteiger partial charge in [0.05, 0.1) is 0 Å². The summed E-state index contributed by atoms with van der Waals surface area (Å²) in [6.45, 7) is 1.53. The van der Waals surface area contributed by atoms with Crippen molar-refractivity contribution in [3.63, 3.8) is 0 Å². The van der Waals surface area contributed by atoms with E-state index >= 15 is 0 Å². The lowest BCUT2D eigenvalue weighted by atomic mass is 10.4. The quantitative estimate of drug-likeness (QED) is 0.474. The summed E-state index contributed by atoms with van der Waals surface area (Å²) in [7, 11) is -3.85. The summed E-state index contributed by atoms with van der Waals surface area (Å²) < 4.78 is 42.5. The van der Waals surface area contributed by atoms with Crippen LogP contribution in [-0.4, -0.2) is 32.6 Å². The molecule has 0 N–H and O–H groups in total. The first-order valence-electron chi connectivity index (χ1n) is 3.69. The van der Waals surface area contributed by atoms with Crippen LogP contribution in [0, 0.1) is 0 Å². The number of carbonyl (C=O) groups is 1. The Morgan fingerprint density at radius 1 is 1.69 bits per heavy atom. The lowest BCUT2D eigenvalue weighted by molar-refractivity contribution is -0.155. The molecule has 0 aromatic rings. The molecule has 1 saturated heterocycles. The molecule has 1 fully saturated rings. The Bertz CT molecular complexity index is 298. The van der Waals surface area contributed by atoms with Crippen LogP contribution in [0.5, 0.6) is 0 Å². The number of ether oxygens (including phenoxy) is 1. The number of alkyl halides is 1. The van der Waals surface area contributed by atoms with Gasteiger partial charge < -0.3 is 4.74 Å². The fourth-order valence-corrected chi connectivity index (χ4v) is 1.96. The normalized spacial score (nSPS) is 31.5. The molecule has 1 aliphatic heterocycles. The van der Waals surface area contributed by atoms with E-state index in [1.807, 2.05) is 0 Å². The predicted octanol–water partition coefficient (Wildman–Crippen LogP) is -0.0362. The van der Waals surface area contributed by atoms with E-state index in [-0.39, 0.29) is 6.42 Å². The van der Waals surface area contributed by atoms with Crippen molar-refractivity contribution >= 4 is 16.1 Å². The number of esters is 1. The number of halogens is 1. The van der Waals surface area contributed by atoms with Crippen LogP contribution in [0.3, 0.4) is 0 Å². The molecule has 0 aromatic carbocycles. The van der Waals surface area contributed by atoms with Crippen LogP contribution in [0.25, 0.3) is 0 Å². The molecule has 0 spiro atoms. The first-order chi connectivity index (χ1) is 5.94. The standard InChI is InChI=1S/C6H9FO5S/c1-2-5(8)11-4-3-13(9,10)12-6(4)7/h4,6H,2-3H2,1H3. The monoisotopic (exact) mass is 212 g/mol. The fourth-order valence-electron chi connectivity index (χ4n) is 0.858. The van der Waals surface area contributed by atoms with Gasteiger partial charge >= 0.3 is 5.97 Å². The van der Waals surface area contributed by atoms with Gasteiger partial charge in [-0.25, -0.2) is 8.57 Å². The molecule has 7 heteroatoms. The second-order valence-corrected chi connectivity index (χ2v) is 4.19. The van der Waals surface area contributed by atoms with Gasteiger partial charge in [0.1, 0.15) is 5.75 Å². The largest absolute Gasteiger partial charge is 0.455 e. The third-order valence-corrected chi connectivity index (χ3v) is 2.68. The van der Waals surface area contributed by atoms with E-state index in [1.54, 1.807) is 0 Å². The summed E-state index contributed by atoms with van der Waals surface area (Å²) in [6.07, 6.45) is -3.32. The molecular weight excluding hydrogens is 203 g/mol. The van der Waals surface area contributed by atoms with Gasteiger partial charge in [-0.15, -0.1) is 0 Å². The van der Waals surface area contributed by atoms with Gasteiger partial charge in [0, 0.05) is 6.42 Å². The number of carbonyl (C=O) groups excluding carboxylic acids is 1. The van der Waals surface area contributed by atoms with Crippen molar-refractivity contribution in [2.24, 2.45) is 0 Å². The molecule has 76 valence electrons. The maximum Gasteiger partial charge on any atom is 0.306 e. The van der Waals surface area contributed by atoms with Crippen molar-refractivity contribution in [1.29, 1.82) is 0 Å². The molecule has 1 heterocycles. The van der Waals surface area contributed by atoms with Gasteiger partial charge in [0.15, 0.2) is 6.10 Å². The van der Waals surface area contributed by atoms with E-state index in [4.69, 9.17) is 0 Å². The first kappa shape index (κ1) is 10.4. The second-order valence-electron chi connectivity index (χ2n) is 2.55. The van der Waals surface area contributed by atoms with Gasteiger partial charge in [-0.1, -0.05) is 6.92 Å². The van der Waals surface area contributed by atoms with Crippen molar-refractivity contribution < 1.29 is 26.5 Å². The molecule has 2 unspecified atom stereocenters. The third kappa shape index (κ3) is 2.63. The zero-order chi connectivity index (χ0) is 10.1. The molecule has 0 saturated carbocycles. The predicted molar refractivity (Wildman–Crippen MR) is 39.9 cm³/mol. The van der Waals surface area contributed by atoms with E-state index in [0.717, 1.165) is 0 Å². The van der Waals surface area contributed by atoms with E-state index in [9.17, 15) is 17.6 Å². The molecule has 0 radical (unpaired) electrons. The highest BCUT2D eigenvalue weighted by Crippen LogP contribution is 2.20. The SMILES string of the molecule is CCC(=O)OC1CS(=O)(=O)OC1F. The summed E-state index contributed by atoms with van der Waals surface area (Å²) in [5.41, 5.74) is 0. The Kier molecular flexibility index (Phi) is 2.87. The maximum atomic E-state index is 12.7. The highest BCUT2D eigenvalue weighted by Gasteiger charge is 2.41. The van der Waals surface area contributed by atoms with E-state index < -0.39 is 34.3 Å². The third-order valence-electron chi connectivity index (χ3n) is 1.47. The van der Waals surface area contributed by atoms with Crippen molar-refractivity contribution in [3.05, 3.63) is 0 Å². The molecule has 13 heavy (non-hydrogen) atoms. The van der Waals surface area contributed by atoms with Crippen LogP contribution in [0.15, 0.2) is 0 Å². The van der Waals surface area contributed by atoms with Gasteiger partial charge in [-0.2, -0.15) is 8.42 Å². The van der Waals surface area contributed by atoms with E-state index in [0.29, 0.717) is 0 Å². The average molecular weight is 212 g/mol. The van der Waals surface area contributed by atoms with E-state index in [1.165, 1.54) is 6.92 Å². The highest BCUT2D eigenvalue weighted by molar-refractivity contribution is 7.87. The van der Waals surface area contributed by atoms with Crippen molar-refractivity contribution in [2.45, 2.75) is 25.8 Å². The van der Waals surface area contributed by atoms with Gasteiger partial charge in [-0.3, -0.25) is 4.79 Å². The molecule has 0 aromatic heterocycles. The molecular formula is C6H9FO5S. The first-order valence-corrected chi connectivity index (χ1v) is 5.27. The molecule has 5 nitrogen and oxygen atoms in total. The summed E-state index contributed by atoms with van der Waals surface area (Å²) in [5, 5.41) is 0. The molecule has 0 bridgehead atoms. The lowest BCUT2D eigenvalue weighted by Gasteiger charge is -2.09. The summed E-state index contributed by atoms with van der Waals surface area (Å²) >= 11 is 0. The minimum atomic E-state index is -3.85. The zero-order valence-electron chi connectivity index (χ0n) is 6.90. The summed E-state index contributed by atoms with van der Waals surface area (Å²) in [6, 6.07) is 0. The summed E-state index contributed by atoms with van der Waals surface area (Å²) in [4.78, 5) is 10.7. The van der Waals surface area contributed by atoms with Gasteiger partial charge in [0.2, 0.25) is 0 Å². The average Bonchev–Trinajstić information content (AvgIpc) is 2.24.